The van der Waals surface area contributed by atoms with E-state index in [-0.39, 0.29) is 0 Å². The van der Waals surface area contributed by atoms with Gasteiger partial charge in [-0.1, -0.05) is 11.6 Å². The molecule has 0 spiro atoms. The Morgan fingerprint density at radius 3 is 2.74 bits per heavy atom. The summed E-state index contributed by atoms with van der Waals surface area (Å²) in [5.74, 6) is 0.697. The average Bonchev–Trinajstić information content (AvgIpc) is 2.36. The minimum atomic E-state index is -0.626. The summed E-state index contributed by atoms with van der Waals surface area (Å²) in [5.41, 5.74) is 1.32. The molecule has 1 aliphatic rings. The van der Waals surface area contributed by atoms with Gasteiger partial charge in [0.15, 0.2) is 0 Å². The molecule has 0 radical (unpaired) electrons. The molecule has 1 aromatic rings. The summed E-state index contributed by atoms with van der Waals surface area (Å²) in [4.78, 5) is 0. The van der Waals surface area contributed by atoms with Crippen molar-refractivity contribution in [1.82, 2.24) is 5.32 Å². The first-order valence-corrected chi connectivity index (χ1v) is 6.80. The predicted octanol–water partition coefficient (Wildman–Crippen LogP) is 1.54. The number of ether oxygens (including phenoxy) is 1. The molecule has 0 heterocycles. The van der Waals surface area contributed by atoms with Gasteiger partial charge in [-0.15, -0.1) is 0 Å². The molecule has 1 aromatic carbocycles. The highest BCUT2D eigenvalue weighted by molar-refractivity contribution is 5.38. The van der Waals surface area contributed by atoms with E-state index in [1.54, 1.807) is 7.11 Å². The number of hydrogen-bond acceptors (Lipinski definition) is 4. The van der Waals surface area contributed by atoms with E-state index in [9.17, 15) is 10.2 Å². The Morgan fingerprint density at radius 1 is 1.42 bits per heavy atom. The minimum absolute atomic E-state index is 0.419. The Balaban J connectivity index is 1.91. The summed E-state index contributed by atoms with van der Waals surface area (Å²) in [7, 11) is 1.60. The van der Waals surface area contributed by atoms with Gasteiger partial charge in [0.2, 0.25) is 0 Å². The number of benzene rings is 1. The van der Waals surface area contributed by atoms with Gasteiger partial charge in [-0.05, 0) is 38.3 Å². The average molecular weight is 265 g/mol. The highest BCUT2D eigenvalue weighted by atomic mass is 16.5. The maximum absolute atomic E-state index is 10.2. The van der Waals surface area contributed by atoms with Crippen LogP contribution >= 0.6 is 0 Å². The number of aryl methyl sites for hydroxylation is 1. The third kappa shape index (κ3) is 3.47. The van der Waals surface area contributed by atoms with Crippen LogP contribution < -0.4 is 10.1 Å². The van der Waals surface area contributed by atoms with Crippen molar-refractivity contribution in [2.45, 2.75) is 37.9 Å². The summed E-state index contributed by atoms with van der Waals surface area (Å²) in [6.07, 6.45) is 2.17. The SMILES string of the molecule is COc1ccc(C)cc1C(O)CNCC1(O)CCC1. The van der Waals surface area contributed by atoms with Crippen molar-refractivity contribution >= 4 is 0 Å². The zero-order valence-corrected chi connectivity index (χ0v) is 11.6. The van der Waals surface area contributed by atoms with E-state index in [0.717, 1.165) is 30.4 Å². The van der Waals surface area contributed by atoms with E-state index in [4.69, 9.17) is 4.74 Å². The van der Waals surface area contributed by atoms with E-state index in [1.165, 1.54) is 0 Å². The second-order valence-electron chi connectivity index (χ2n) is 5.47. The molecule has 1 saturated carbocycles. The molecule has 4 heteroatoms. The number of methoxy groups -OCH3 is 1. The molecule has 0 bridgehead atoms. The summed E-state index contributed by atoms with van der Waals surface area (Å²) in [5, 5.41) is 23.3. The summed E-state index contributed by atoms with van der Waals surface area (Å²) in [6.45, 7) is 2.94. The first-order valence-electron chi connectivity index (χ1n) is 6.80. The van der Waals surface area contributed by atoms with Crippen LogP contribution in [0.3, 0.4) is 0 Å². The maximum Gasteiger partial charge on any atom is 0.124 e. The van der Waals surface area contributed by atoms with Crippen LogP contribution in [-0.4, -0.2) is 36.0 Å². The van der Waals surface area contributed by atoms with Crippen LogP contribution in [0.1, 0.15) is 36.5 Å². The summed E-state index contributed by atoms with van der Waals surface area (Å²) in [6, 6.07) is 5.76. The first-order chi connectivity index (χ1) is 9.04. The summed E-state index contributed by atoms with van der Waals surface area (Å²) < 4.78 is 5.26. The molecule has 0 aliphatic heterocycles. The minimum Gasteiger partial charge on any atom is -0.496 e. The molecule has 106 valence electrons. The lowest BCUT2D eigenvalue weighted by Gasteiger charge is -2.37. The van der Waals surface area contributed by atoms with Gasteiger partial charge in [0.05, 0.1) is 18.8 Å². The van der Waals surface area contributed by atoms with Gasteiger partial charge in [-0.25, -0.2) is 0 Å². The van der Waals surface area contributed by atoms with Gasteiger partial charge < -0.3 is 20.3 Å². The Bertz CT molecular complexity index is 429. The third-order valence-corrected chi connectivity index (χ3v) is 3.82. The summed E-state index contributed by atoms with van der Waals surface area (Å²) >= 11 is 0. The zero-order chi connectivity index (χ0) is 13.9. The molecule has 1 fully saturated rings. The van der Waals surface area contributed by atoms with Gasteiger partial charge >= 0.3 is 0 Å². The fourth-order valence-corrected chi connectivity index (χ4v) is 2.43. The van der Waals surface area contributed by atoms with Crippen LogP contribution in [0.5, 0.6) is 5.75 Å². The molecular formula is C15H23NO3. The highest BCUT2D eigenvalue weighted by Crippen LogP contribution is 2.31. The van der Waals surface area contributed by atoms with Crippen molar-refractivity contribution in [1.29, 1.82) is 0 Å². The highest BCUT2D eigenvalue weighted by Gasteiger charge is 2.33. The molecule has 3 N–H and O–H groups in total. The van der Waals surface area contributed by atoms with Crippen molar-refractivity contribution in [3.05, 3.63) is 29.3 Å². The second-order valence-corrected chi connectivity index (χ2v) is 5.47. The fraction of sp³-hybridized carbons (Fsp3) is 0.600. The Kier molecular flexibility index (Phi) is 4.45. The van der Waals surface area contributed by atoms with Crippen molar-refractivity contribution < 1.29 is 14.9 Å². The van der Waals surface area contributed by atoms with Crippen molar-refractivity contribution in [3.63, 3.8) is 0 Å². The predicted molar refractivity (Wildman–Crippen MR) is 74.4 cm³/mol. The van der Waals surface area contributed by atoms with Crippen LogP contribution in [0.25, 0.3) is 0 Å². The van der Waals surface area contributed by atoms with Crippen molar-refractivity contribution in [2.75, 3.05) is 20.2 Å². The van der Waals surface area contributed by atoms with Gasteiger partial charge in [-0.3, -0.25) is 0 Å². The molecular weight excluding hydrogens is 242 g/mol. The smallest absolute Gasteiger partial charge is 0.124 e. The first kappa shape index (κ1) is 14.3. The lowest BCUT2D eigenvalue weighted by atomic mass is 9.80. The molecule has 0 aromatic heterocycles. The number of nitrogens with one attached hydrogen (secondary N) is 1. The van der Waals surface area contributed by atoms with Gasteiger partial charge in [0, 0.05) is 18.7 Å². The number of aliphatic hydroxyl groups is 2. The van der Waals surface area contributed by atoms with Crippen LogP contribution in [-0.2, 0) is 0 Å². The quantitative estimate of drug-likeness (QED) is 0.730. The lowest BCUT2D eigenvalue weighted by molar-refractivity contribution is -0.0328. The van der Waals surface area contributed by atoms with Crippen LogP contribution in [0.2, 0.25) is 0 Å². The lowest BCUT2D eigenvalue weighted by Crippen LogP contribution is -2.47. The molecule has 19 heavy (non-hydrogen) atoms. The van der Waals surface area contributed by atoms with E-state index in [0.29, 0.717) is 18.8 Å². The third-order valence-electron chi connectivity index (χ3n) is 3.82. The standard InChI is InChI=1S/C15H23NO3/c1-11-4-5-14(19-2)12(8-11)13(17)9-16-10-15(18)6-3-7-15/h4-5,8,13,16-18H,3,6-7,9-10H2,1-2H3. The van der Waals surface area contributed by atoms with Gasteiger partial charge in [0.1, 0.15) is 5.75 Å². The topological polar surface area (TPSA) is 61.7 Å². The fourth-order valence-electron chi connectivity index (χ4n) is 2.43. The number of rotatable bonds is 6. The monoisotopic (exact) mass is 265 g/mol. The molecule has 1 aliphatic carbocycles. The number of aliphatic hydroxyl groups excluding tert-OH is 1. The molecule has 2 rings (SSSR count). The molecule has 1 atom stereocenters. The van der Waals surface area contributed by atoms with E-state index in [2.05, 4.69) is 5.32 Å². The van der Waals surface area contributed by atoms with E-state index in [1.807, 2.05) is 25.1 Å². The van der Waals surface area contributed by atoms with Gasteiger partial charge in [-0.2, -0.15) is 0 Å². The molecule has 0 saturated heterocycles. The van der Waals surface area contributed by atoms with Gasteiger partial charge in [0.25, 0.3) is 0 Å². The Hall–Kier alpha value is -1.10. The Labute approximate surface area is 114 Å². The normalized spacial score (nSPS) is 18.7. The van der Waals surface area contributed by atoms with Crippen LogP contribution in [0, 0.1) is 6.92 Å². The zero-order valence-electron chi connectivity index (χ0n) is 11.6. The van der Waals surface area contributed by atoms with Crippen LogP contribution in [0.15, 0.2) is 18.2 Å². The van der Waals surface area contributed by atoms with Crippen molar-refractivity contribution in [2.24, 2.45) is 0 Å². The Morgan fingerprint density at radius 2 is 2.16 bits per heavy atom. The van der Waals surface area contributed by atoms with E-state index < -0.39 is 11.7 Å². The maximum atomic E-state index is 10.2. The van der Waals surface area contributed by atoms with E-state index >= 15 is 0 Å². The largest absolute Gasteiger partial charge is 0.496 e. The van der Waals surface area contributed by atoms with Crippen LogP contribution in [0.4, 0.5) is 0 Å². The number of hydrogen-bond donors (Lipinski definition) is 3. The molecule has 0 amide bonds. The second kappa shape index (κ2) is 5.90. The molecule has 4 nitrogen and oxygen atoms in total. The molecule has 1 unspecified atom stereocenters. The van der Waals surface area contributed by atoms with Crippen molar-refractivity contribution in [3.8, 4) is 5.75 Å².